The van der Waals surface area contributed by atoms with E-state index in [2.05, 4.69) is 20.8 Å². The second-order valence-electron chi connectivity index (χ2n) is 3.75. The molecule has 2 heterocycles. The van der Waals surface area contributed by atoms with Gasteiger partial charge in [-0.1, -0.05) is 5.16 Å². The first-order valence-electron chi connectivity index (χ1n) is 5.30. The summed E-state index contributed by atoms with van der Waals surface area (Å²) < 4.78 is 4.98. The maximum atomic E-state index is 11.5. The molecule has 8 nitrogen and oxygen atoms in total. The third kappa shape index (κ3) is 2.78. The van der Waals surface area contributed by atoms with E-state index in [4.69, 9.17) is 10.3 Å². The molecule has 92 valence electrons. The van der Waals surface area contributed by atoms with Crippen LogP contribution < -0.4 is 16.4 Å². The molecule has 0 aliphatic carbocycles. The Labute approximate surface area is 96.9 Å². The van der Waals surface area contributed by atoms with E-state index in [0.29, 0.717) is 5.89 Å². The van der Waals surface area contributed by atoms with Gasteiger partial charge >= 0.3 is 0 Å². The van der Waals surface area contributed by atoms with Crippen molar-refractivity contribution in [2.24, 2.45) is 5.73 Å². The van der Waals surface area contributed by atoms with Crippen molar-refractivity contribution in [1.29, 1.82) is 0 Å². The van der Waals surface area contributed by atoms with Crippen LogP contribution in [0.4, 0.5) is 0 Å². The average Bonchev–Trinajstić information content (AvgIpc) is 2.94. The van der Waals surface area contributed by atoms with E-state index < -0.39 is 11.8 Å². The first-order chi connectivity index (χ1) is 8.16. The Bertz CT molecular complexity index is 424. The molecule has 1 aromatic rings. The van der Waals surface area contributed by atoms with Crippen LogP contribution in [0.1, 0.15) is 35.4 Å². The fraction of sp³-hybridized carbons (Fsp3) is 0.556. The molecule has 8 heteroatoms. The molecule has 1 fully saturated rings. The lowest BCUT2D eigenvalue weighted by atomic mass is 10.2. The molecule has 0 bridgehead atoms. The van der Waals surface area contributed by atoms with Crippen molar-refractivity contribution < 1.29 is 14.1 Å². The molecule has 1 aromatic heterocycles. The van der Waals surface area contributed by atoms with Gasteiger partial charge in [-0.15, -0.1) is 0 Å². The van der Waals surface area contributed by atoms with Crippen LogP contribution in [0.3, 0.4) is 0 Å². The van der Waals surface area contributed by atoms with Gasteiger partial charge in [-0.3, -0.25) is 9.59 Å². The minimum Gasteiger partial charge on any atom is -0.368 e. The van der Waals surface area contributed by atoms with Crippen LogP contribution >= 0.6 is 0 Å². The maximum Gasteiger partial charge on any atom is 0.293 e. The van der Waals surface area contributed by atoms with Crippen molar-refractivity contribution in [3.63, 3.8) is 0 Å². The molecule has 1 aliphatic heterocycles. The number of hydrogen-bond donors (Lipinski definition) is 3. The van der Waals surface area contributed by atoms with Crippen LogP contribution in [0.25, 0.3) is 0 Å². The highest BCUT2D eigenvalue weighted by atomic mass is 16.5. The minimum absolute atomic E-state index is 0.0141. The summed E-state index contributed by atoms with van der Waals surface area (Å²) in [6.45, 7) is 0.653. The second kappa shape index (κ2) is 4.91. The van der Waals surface area contributed by atoms with Crippen molar-refractivity contribution in [3.8, 4) is 0 Å². The molecule has 0 aromatic carbocycles. The van der Waals surface area contributed by atoms with Gasteiger partial charge in [-0.25, -0.2) is 0 Å². The highest BCUT2D eigenvalue weighted by molar-refractivity contribution is 5.92. The molecule has 1 saturated heterocycles. The van der Waals surface area contributed by atoms with Crippen molar-refractivity contribution in [2.45, 2.75) is 18.9 Å². The normalized spacial score (nSPS) is 19.2. The van der Waals surface area contributed by atoms with Gasteiger partial charge in [0.05, 0.1) is 12.6 Å². The molecule has 2 amide bonds. The highest BCUT2D eigenvalue weighted by Gasteiger charge is 2.24. The average molecular weight is 239 g/mol. The number of aromatic nitrogens is 2. The van der Waals surface area contributed by atoms with Crippen LogP contribution in [0.5, 0.6) is 0 Å². The molecule has 0 saturated carbocycles. The van der Waals surface area contributed by atoms with Crippen molar-refractivity contribution in [3.05, 3.63) is 11.7 Å². The lowest BCUT2D eigenvalue weighted by Gasteiger charge is -2.01. The number of hydrogen-bond acceptors (Lipinski definition) is 6. The van der Waals surface area contributed by atoms with E-state index in [-0.39, 0.29) is 18.4 Å². The first kappa shape index (κ1) is 11.5. The number of nitrogens with two attached hydrogens (primary N) is 1. The second-order valence-corrected chi connectivity index (χ2v) is 3.75. The fourth-order valence-electron chi connectivity index (χ4n) is 1.61. The molecule has 2 rings (SSSR count). The lowest BCUT2D eigenvalue weighted by Crippen LogP contribution is -2.33. The third-order valence-electron chi connectivity index (χ3n) is 2.43. The Morgan fingerprint density at radius 3 is 3.06 bits per heavy atom. The quantitative estimate of drug-likeness (QED) is 0.600. The summed E-state index contributed by atoms with van der Waals surface area (Å²) in [6, 6.07) is 0.0141. The van der Waals surface area contributed by atoms with Crippen LogP contribution in [0.15, 0.2) is 4.52 Å². The number of nitrogens with one attached hydrogen (secondary N) is 2. The third-order valence-corrected chi connectivity index (χ3v) is 2.43. The van der Waals surface area contributed by atoms with E-state index in [1.165, 1.54) is 0 Å². The minimum atomic E-state index is -0.625. The number of carbonyl (C=O) groups is 2. The Kier molecular flexibility index (Phi) is 3.33. The predicted molar refractivity (Wildman–Crippen MR) is 55.8 cm³/mol. The van der Waals surface area contributed by atoms with Crippen LogP contribution in [-0.2, 0) is 4.79 Å². The molecular formula is C9H13N5O3. The summed E-state index contributed by atoms with van der Waals surface area (Å²) in [5.41, 5.74) is 4.90. The molecule has 1 atom stereocenters. The predicted octanol–water partition coefficient (Wildman–Crippen LogP) is -1.29. The number of primary amides is 1. The molecule has 0 radical (unpaired) electrons. The Morgan fingerprint density at radius 1 is 1.59 bits per heavy atom. The summed E-state index contributed by atoms with van der Waals surface area (Å²) in [6.07, 6.45) is 1.95. The van der Waals surface area contributed by atoms with Gasteiger partial charge in [0.25, 0.3) is 11.7 Å². The van der Waals surface area contributed by atoms with E-state index in [0.717, 1.165) is 19.4 Å². The number of amides is 2. The standard InChI is InChI=1S/C9H13N5O3/c10-6(15)4-12-8(16)7-13-9(17-14-7)5-2-1-3-11-5/h5,11H,1-4H2,(H2,10,15)(H,12,16). The SMILES string of the molecule is NC(=O)CNC(=O)c1noc(C2CCCN2)n1. The molecule has 1 unspecified atom stereocenters. The Hall–Kier alpha value is -1.96. The monoisotopic (exact) mass is 239 g/mol. The number of carbonyl (C=O) groups excluding carboxylic acids is 2. The van der Waals surface area contributed by atoms with Crippen molar-refractivity contribution >= 4 is 11.8 Å². The van der Waals surface area contributed by atoms with Gasteiger partial charge in [-0.05, 0) is 19.4 Å². The Balaban J connectivity index is 1.97. The van der Waals surface area contributed by atoms with Gasteiger partial charge in [0.15, 0.2) is 0 Å². The topological polar surface area (TPSA) is 123 Å². The number of rotatable bonds is 4. The summed E-state index contributed by atoms with van der Waals surface area (Å²) >= 11 is 0. The highest BCUT2D eigenvalue weighted by Crippen LogP contribution is 2.20. The van der Waals surface area contributed by atoms with Gasteiger partial charge in [0.1, 0.15) is 0 Å². The van der Waals surface area contributed by atoms with Crippen molar-refractivity contribution in [1.82, 2.24) is 20.8 Å². The zero-order valence-corrected chi connectivity index (χ0v) is 9.10. The van der Waals surface area contributed by atoms with Gasteiger partial charge in [0, 0.05) is 0 Å². The molecule has 4 N–H and O–H groups in total. The van der Waals surface area contributed by atoms with E-state index in [1.54, 1.807) is 0 Å². The van der Waals surface area contributed by atoms with E-state index in [1.807, 2.05) is 0 Å². The lowest BCUT2D eigenvalue weighted by molar-refractivity contribution is -0.117. The van der Waals surface area contributed by atoms with Crippen LogP contribution in [0, 0.1) is 0 Å². The van der Waals surface area contributed by atoms with Crippen LogP contribution in [0.2, 0.25) is 0 Å². The molecule has 0 spiro atoms. The van der Waals surface area contributed by atoms with Gasteiger partial charge < -0.3 is 20.9 Å². The van der Waals surface area contributed by atoms with Gasteiger partial charge in [0.2, 0.25) is 11.8 Å². The van der Waals surface area contributed by atoms with Gasteiger partial charge in [-0.2, -0.15) is 4.98 Å². The summed E-state index contributed by atoms with van der Waals surface area (Å²) in [5, 5.41) is 9.01. The maximum absolute atomic E-state index is 11.5. The first-order valence-corrected chi connectivity index (χ1v) is 5.30. The van der Waals surface area contributed by atoms with E-state index >= 15 is 0 Å². The molecular weight excluding hydrogens is 226 g/mol. The van der Waals surface area contributed by atoms with E-state index in [9.17, 15) is 9.59 Å². The zero-order chi connectivity index (χ0) is 12.3. The largest absolute Gasteiger partial charge is 0.368 e. The summed E-state index contributed by atoms with van der Waals surface area (Å²) in [7, 11) is 0. The molecule has 17 heavy (non-hydrogen) atoms. The number of nitrogens with zero attached hydrogens (tertiary/aromatic N) is 2. The Morgan fingerprint density at radius 2 is 2.41 bits per heavy atom. The molecule has 1 aliphatic rings. The summed E-state index contributed by atoms with van der Waals surface area (Å²) in [4.78, 5) is 25.9. The van der Waals surface area contributed by atoms with Crippen LogP contribution in [-0.4, -0.2) is 35.0 Å². The zero-order valence-electron chi connectivity index (χ0n) is 9.10. The fourth-order valence-corrected chi connectivity index (χ4v) is 1.61. The smallest absolute Gasteiger partial charge is 0.293 e. The summed E-state index contributed by atoms with van der Waals surface area (Å²) in [5.74, 6) is -0.891. The van der Waals surface area contributed by atoms with Crippen molar-refractivity contribution in [2.75, 3.05) is 13.1 Å².